The summed E-state index contributed by atoms with van der Waals surface area (Å²) in [6.45, 7) is 0. The fourth-order valence-electron chi connectivity index (χ4n) is 2.24. The van der Waals surface area contributed by atoms with Crippen molar-refractivity contribution >= 4 is 29.7 Å². The fraction of sp³-hybridized carbons (Fsp3) is 0. The highest BCUT2D eigenvalue weighted by molar-refractivity contribution is 6.30. The van der Waals surface area contributed by atoms with Crippen molar-refractivity contribution in [3.8, 4) is 5.75 Å². The maximum Gasteiger partial charge on any atom is 0.346 e. The highest BCUT2D eigenvalue weighted by atomic mass is 35.5. The summed E-state index contributed by atoms with van der Waals surface area (Å²) < 4.78 is 18.7. The Morgan fingerprint density at radius 1 is 0.964 bits per heavy atom. The fourth-order valence-corrected chi connectivity index (χ4v) is 2.37. The van der Waals surface area contributed by atoms with Gasteiger partial charge in [-0.3, -0.25) is 4.79 Å². The molecular weight excluding hydrogens is 383 g/mol. The molecule has 140 valence electrons. The van der Waals surface area contributed by atoms with Crippen molar-refractivity contribution in [3.05, 3.63) is 100 Å². The Morgan fingerprint density at radius 2 is 1.64 bits per heavy atom. The first kappa shape index (κ1) is 19.3. The number of nitrogens with zero attached hydrogens (tertiary/aromatic N) is 1. The molecule has 0 radical (unpaired) electrons. The molecule has 0 aliphatic carbocycles. The molecule has 0 atom stereocenters. The van der Waals surface area contributed by atoms with Gasteiger partial charge in [-0.25, -0.2) is 14.6 Å². The molecule has 1 amide bonds. The Labute approximate surface area is 165 Å². The number of benzene rings is 3. The van der Waals surface area contributed by atoms with E-state index in [1.807, 2.05) is 0 Å². The Bertz CT molecular complexity index is 1020. The minimum absolute atomic E-state index is 0.141. The van der Waals surface area contributed by atoms with Crippen LogP contribution in [-0.2, 0) is 0 Å². The van der Waals surface area contributed by atoms with E-state index < -0.39 is 11.8 Å². The first-order valence-corrected chi connectivity index (χ1v) is 8.56. The summed E-state index contributed by atoms with van der Waals surface area (Å²) in [7, 11) is 0. The van der Waals surface area contributed by atoms with Gasteiger partial charge in [0.2, 0.25) is 0 Å². The molecule has 3 aromatic carbocycles. The van der Waals surface area contributed by atoms with Crippen molar-refractivity contribution in [2.24, 2.45) is 5.10 Å². The number of halogens is 2. The van der Waals surface area contributed by atoms with Gasteiger partial charge in [0.25, 0.3) is 5.91 Å². The summed E-state index contributed by atoms with van der Waals surface area (Å²) in [6, 6.07) is 18.4. The minimum atomic E-state index is -0.783. The molecule has 0 saturated heterocycles. The van der Waals surface area contributed by atoms with Crippen molar-refractivity contribution in [1.29, 1.82) is 0 Å². The lowest BCUT2D eigenvalue weighted by Crippen LogP contribution is -2.17. The average molecular weight is 397 g/mol. The second-order valence-electron chi connectivity index (χ2n) is 5.64. The molecule has 0 fully saturated rings. The molecule has 0 unspecified atom stereocenters. The lowest BCUT2D eigenvalue weighted by Gasteiger charge is -2.05. The molecule has 0 aromatic heterocycles. The zero-order valence-corrected chi connectivity index (χ0v) is 15.2. The predicted octanol–water partition coefficient (Wildman–Crippen LogP) is 4.46. The highest BCUT2D eigenvalue weighted by Crippen LogP contribution is 2.15. The van der Waals surface area contributed by atoms with Crippen LogP contribution < -0.4 is 10.2 Å². The van der Waals surface area contributed by atoms with Crippen LogP contribution in [0, 0.1) is 5.82 Å². The van der Waals surface area contributed by atoms with Crippen molar-refractivity contribution in [1.82, 2.24) is 5.43 Å². The molecule has 0 aliphatic rings. The van der Waals surface area contributed by atoms with E-state index >= 15 is 0 Å². The molecule has 0 saturated carbocycles. The van der Waals surface area contributed by atoms with E-state index in [0.29, 0.717) is 16.1 Å². The first-order valence-electron chi connectivity index (χ1n) is 8.19. The first-order chi connectivity index (χ1) is 13.5. The lowest BCUT2D eigenvalue weighted by molar-refractivity contribution is 0.0729. The standard InChI is InChI=1S/C21H14ClFN2O3/c22-16-9-7-15(8-10-16)20(26)25-24-13-14-5-11-17(12-6-14)28-21(27)18-3-1-2-4-19(18)23/h1-13H,(H,25,26). The van der Waals surface area contributed by atoms with E-state index in [-0.39, 0.29) is 17.2 Å². The van der Waals surface area contributed by atoms with Crippen LogP contribution in [0.1, 0.15) is 26.3 Å². The van der Waals surface area contributed by atoms with E-state index in [9.17, 15) is 14.0 Å². The summed E-state index contributed by atoms with van der Waals surface area (Å²) in [5, 5.41) is 4.41. The maximum absolute atomic E-state index is 13.6. The highest BCUT2D eigenvalue weighted by Gasteiger charge is 2.13. The molecule has 3 aromatic rings. The number of carbonyl (C=O) groups is 2. The molecule has 1 N–H and O–H groups in total. The van der Waals surface area contributed by atoms with Crippen LogP contribution in [0.15, 0.2) is 77.9 Å². The Balaban J connectivity index is 1.57. The Hall–Kier alpha value is -3.51. The van der Waals surface area contributed by atoms with Crippen molar-refractivity contribution in [2.45, 2.75) is 0 Å². The van der Waals surface area contributed by atoms with E-state index in [4.69, 9.17) is 16.3 Å². The monoisotopic (exact) mass is 396 g/mol. The molecule has 7 heteroatoms. The predicted molar refractivity (Wildman–Crippen MR) is 104 cm³/mol. The summed E-state index contributed by atoms with van der Waals surface area (Å²) in [5.74, 6) is -1.54. The van der Waals surface area contributed by atoms with E-state index in [1.54, 1.807) is 54.6 Å². The van der Waals surface area contributed by atoms with Gasteiger partial charge < -0.3 is 4.74 Å². The van der Waals surface area contributed by atoms with Gasteiger partial charge in [0, 0.05) is 10.6 Å². The average Bonchev–Trinajstić information content (AvgIpc) is 2.70. The molecule has 0 heterocycles. The zero-order chi connectivity index (χ0) is 19.9. The van der Waals surface area contributed by atoms with Gasteiger partial charge in [-0.2, -0.15) is 5.10 Å². The maximum atomic E-state index is 13.6. The van der Waals surface area contributed by atoms with Crippen molar-refractivity contribution in [2.75, 3.05) is 0 Å². The third kappa shape index (κ3) is 5.02. The topological polar surface area (TPSA) is 67.8 Å². The zero-order valence-electron chi connectivity index (χ0n) is 14.4. The summed E-state index contributed by atoms with van der Waals surface area (Å²) in [5.41, 5.74) is 3.36. The number of nitrogens with one attached hydrogen (secondary N) is 1. The van der Waals surface area contributed by atoms with Crippen LogP contribution in [0.2, 0.25) is 5.02 Å². The minimum Gasteiger partial charge on any atom is -0.423 e. The number of hydrogen-bond acceptors (Lipinski definition) is 4. The van der Waals surface area contributed by atoms with Gasteiger partial charge in [0.05, 0.1) is 11.8 Å². The number of rotatable bonds is 5. The SMILES string of the molecule is O=C(NN=Cc1ccc(OC(=O)c2ccccc2F)cc1)c1ccc(Cl)cc1. The number of amides is 1. The summed E-state index contributed by atoms with van der Waals surface area (Å²) in [4.78, 5) is 23.9. The van der Waals surface area contributed by atoms with Crippen molar-refractivity contribution < 1.29 is 18.7 Å². The van der Waals surface area contributed by atoms with Crippen LogP contribution in [0.5, 0.6) is 5.75 Å². The molecule has 0 bridgehead atoms. The van der Waals surface area contributed by atoms with Crippen LogP contribution in [0.25, 0.3) is 0 Å². The van der Waals surface area contributed by atoms with E-state index in [1.165, 1.54) is 24.4 Å². The molecule has 5 nitrogen and oxygen atoms in total. The van der Waals surface area contributed by atoms with Gasteiger partial charge in [-0.1, -0.05) is 23.7 Å². The molecule has 0 spiro atoms. The van der Waals surface area contributed by atoms with Gasteiger partial charge in [0.15, 0.2) is 0 Å². The quantitative estimate of drug-likeness (QED) is 0.299. The third-order valence-electron chi connectivity index (χ3n) is 3.67. The summed E-state index contributed by atoms with van der Waals surface area (Å²) >= 11 is 5.78. The van der Waals surface area contributed by atoms with Gasteiger partial charge in [0.1, 0.15) is 11.6 Å². The third-order valence-corrected chi connectivity index (χ3v) is 3.92. The molecule has 3 rings (SSSR count). The largest absolute Gasteiger partial charge is 0.423 e. The van der Waals surface area contributed by atoms with Crippen LogP contribution in [-0.4, -0.2) is 18.1 Å². The van der Waals surface area contributed by atoms with Crippen LogP contribution >= 0.6 is 11.6 Å². The molecule has 0 aliphatic heterocycles. The second kappa shape index (κ2) is 8.92. The number of hydrazone groups is 1. The number of esters is 1. The van der Waals surface area contributed by atoms with Gasteiger partial charge >= 0.3 is 5.97 Å². The second-order valence-corrected chi connectivity index (χ2v) is 6.08. The van der Waals surface area contributed by atoms with Gasteiger partial charge in [-0.15, -0.1) is 0 Å². The Morgan fingerprint density at radius 3 is 2.32 bits per heavy atom. The normalized spacial score (nSPS) is 10.6. The molecule has 28 heavy (non-hydrogen) atoms. The number of ether oxygens (including phenoxy) is 1. The number of hydrogen-bond donors (Lipinski definition) is 1. The van der Waals surface area contributed by atoms with Gasteiger partial charge in [-0.05, 0) is 66.2 Å². The van der Waals surface area contributed by atoms with Crippen molar-refractivity contribution in [3.63, 3.8) is 0 Å². The lowest BCUT2D eigenvalue weighted by atomic mass is 10.2. The van der Waals surface area contributed by atoms with Crippen LogP contribution in [0.4, 0.5) is 4.39 Å². The van der Waals surface area contributed by atoms with E-state index in [0.717, 1.165) is 0 Å². The smallest absolute Gasteiger partial charge is 0.346 e. The van der Waals surface area contributed by atoms with Crippen LogP contribution in [0.3, 0.4) is 0 Å². The van der Waals surface area contributed by atoms with E-state index in [2.05, 4.69) is 10.5 Å². The molecular formula is C21H14ClFN2O3. The number of carbonyl (C=O) groups excluding carboxylic acids is 2. The summed E-state index contributed by atoms with van der Waals surface area (Å²) in [6.07, 6.45) is 1.44. The Kier molecular flexibility index (Phi) is 6.14.